The largest absolute Gasteiger partial charge is 0.264 e. The lowest BCUT2D eigenvalue weighted by Crippen LogP contribution is -2.14. The second-order valence-electron chi connectivity index (χ2n) is 3.50. The lowest BCUT2D eigenvalue weighted by Gasteiger charge is -2.09. The molecule has 8 heteroatoms. The molecular formula is C11H7Cl3N2O2S. The standard InChI is InChI=1S/C11H7Cl3N2O2S/c12-7-3-1-4-8(11(7)14)19(17,18)16-10-6-2-5-9(13)15-10/h1-6H,(H,15,16). The summed E-state index contributed by atoms with van der Waals surface area (Å²) in [6.45, 7) is 0. The van der Waals surface area contributed by atoms with Gasteiger partial charge in [0.25, 0.3) is 10.0 Å². The van der Waals surface area contributed by atoms with Crippen molar-refractivity contribution in [2.24, 2.45) is 0 Å². The van der Waals surface area contributed by atoms with Gasteiger partial charge in [-0.1, -0.05) is 46.9 Å². The van der Waals surface area contributed by atoms with Crippen molar-refractivity contribution in [1.29, 1.82) is 0 Å². The van der Waals surface area contributed by atoms with Gasteiger partial charge in [-0.15, -0.1) is 0 Å². The van der Waals surface area contributed by atoms with Crippen LogP contribution in [0.3, 0.4) is 0 Å². The number of hydrogen-bond acceptors (Lipinski definition) is 3. The molecule has 4 nitrogen and oxygen atoms in total. The second-order valence-corrected chi connectivity index (χ2v) is 6.33. The zero-order valence-corrected chi connectivity index (χ0v) is 12.4. The Balaban J connectivity index is 2.41. The molecule has 19 heavy (non-hydrogen) atoms. The summed E-state index contributed by atoms with van der Waals surface area (Å²) in [6, 6.07) is 8.93. The Hall–Kier alpha value is -1.01. The van der Waals surface area contributed by atoms with Crippen LogP contribution >= 0.6 is 34.8 Å². The van der Waals surface area contributed by atoms with E-state index in [2.05, 4.69) is 9.71 Å². The fourth-order valence-electron chi connectivity index (χ4n) is 1.35. The lowest BCUT2D eigenvalue weighted by molar-refractivity contribution is 0.601. The quantitative estimate of drug-likeness (QED) is 0.866. The normalized spacial score (nSPS) is 11.3. The molecule has 2 aromatic rings. The average Bonchev–Trinajstić information content (AvgIpc) is 2.32. The Kier molecular flexibility index (Phi) is 4.20. The number of benzene rings is 1. The smallest absolute Gasteiger partial charge is 0.263 e. The third kappa shape index (κ3) is 3.30. The first-order chi connectivity index (χ1) is 8.90. The number of hydrogen-bond donors (Lipinski definition) is 1. The Bertz CT molecular complexity index is 720. The molecule has 1 aromatic heterocycles. The van der Waals surface area contributed by atoms with Crippen molar-refractivity contribution >= 4 is 50.6 Å². The minimum atomic E-state index is -3.87. The molecule has 0 aliphatic carbocycles. The predicted molar refractivity (Wildman–Crippen MR) is 76.5 cm³/mol. The summed E-state index contributed by atoms with van der Waals surface area (Å²) < 4.78 is 26.6. The SMILES string of the molecule is O=S(=O)(Nc1cccc(Cl)n1)c1cccc(Cl)c1Cl. The van der Waals surface area contributed by atoms with Crippen molar-refractivity contribution in [3.8, 4) is 0 Å². The van der Waals surface area contributed by atoms with E-state index in [1.54, 1.807) is 6.07 Å². The van der Waals surface area contributed by atoms with Gasteiger partial charge in [-0.25, -0.2) is 13.4 Å². The number of sulfonamides is 1. The molecule has 0 bridgehead atoms. The molecule has 0 spiro atoms. The maximum absolute atomic E-state index is 12.1. The maximum Gasteiger partial charge on any atom is 0.264 e. The van der Waals surface area contributed by atoms with Crippen LogP contribution in [0.25, 0.3) is 0 Å². The minimum Gasteiger partial charge on any atom is -0.263 e. The molecule has 2 rings (SSSR count). The van der Waals surface area contributed by atoms with Gasteiger partial charge in [-0.3, -0.25) is 4.72 Å². The van der Waals surface area contributed by atoms with E-state index in [9.17, 15) is 8.42 Å². The van der Waals surface area contributed by atoms with Gasteiger partial charge < -0.3 is 0 Å². The highest BCUT2D eigenvalue weighted by Gasteiger charge is 2.20. The van der Waals surface area contributed by atoms with E-state index in [1.807, 2.05) is 0 Å². The third-order valence-electron chi connectivity index (χ3n) is 2.16. The molecule has 0 aliphatic rings. The Labute approximate surface area is 125 Å². The van der Waals surface area contributed by atoms with E-state index in [1.165, 1.54) is 30.3 Å². The van der Waals surface area contributed by atoms with Gasteiger partial charge in [0.1, 0.15) is 15.9 Å². The lowest BCUT2D eigenvalue weighted by atomic mass is 10.4. The van der Waals surface area contributed by atoms with Crippen LogP contribution in [0.4, 0.5) is 5.82 Å². The molecule has 0 atom stereocenters. The van der Waals surface area contributed by atoms with Crippen LogP contribution < -0.4 is 4.72 Å². The molecule has 0 unspecified atom stereocenters. The topological polar surface area (TPSA) is 59.1 Å². The van der Waals surface area contributed by atoms with Crippen LogP contribution in [0.15, 0.2) is 41.3 Å². The molecule has 100 valence electrons. The highest BCUT2D eigenvalue weighted by Crippen LogP contribution is 2.29. The average molecular weight is 338 g/mol. The summed E-state index contributed by atoms with van der Waals surface area (Å²) in [6.07, 6.45) is 0. The van der Waals surface area contributed by atoms with Crippen molar-refractivity contribution in [2.75, 3.05) is 4.72 Å². The summed E-state index contributed by atoms with van der Waals surface area (Å²) in [5.74, 6) is 0.101. The molecule has 0 fully saturated rings. The van der Waals surface area contributed by atoms with Crippen LogP contribution in [0, 0.1) is 0 Å². The van der Waals surface area contributed by atoms with E-state index in [0.717, 1.165) is 0 Å². The van der Waals surface area contributed by atoms with Gasteiger partial charge in [0, 0.05) is 0 Å². The number of halogens is 3. The molecule has 0 aliphatic heterocycles. The zero-order valence-electron chi connectivity index (χ0n) is 9.27. The number of nitrogens with zero attached hydrogens (tertiary/aromatic N) is 1. The van der Waals surface area contributed by atoms with Crippen LogP contribution in [0.5, 0.6) is 0 Å². The number of nitrogens with one attached hydrogen (secondary N) is 1. The first-order valence-corrected chi connectivity index (χ1v) is 7.61. The first-order valence-electron chi connectivity index (χ1n) is 4.99. The Morgan fingerprint density at radius 2 is 1.68 bits per heavy atom. The predicted octanol–water partition coefficient (Wildman–Crippen LogP) is 3.84. The molecule has 0 saturated heterocycles. The molecule has 0 amide bonds. The van der Waals surface area contributed by atoms with Crippen molar-refractivity contribution in [1.82, 2.24) is 4.98 Å². The van der Waals surface area contributed by atoms with E-state index >= 15 is 0 Å². The fraction of sp³-hybridized carbons (Fsp3) is 0. The van der Waals surface area contributed by atoms with Gasteiger partial charge in [0.15, 0.2) is 0 Å². The van der Waals surface area contributed by atoms with E-state index in [0.29, 0.717) is 0 Å². The Morgan fingerprint density at radius 1 is 1.00 bits per heavy atom. The zero-order chi connectivity index (χ0) is 14.0. The van der Waals surface area contributed by atoms with Crippen molar-refractivity contribution < 1.29 is 8.42 Å². The highest BCUT2D eigenvalue weighted by atomic mass is 35.5. The number of anilines is 1. The summed E-state index contributed by atoms with van der Waals surface area (Å²) >= 11 is 17.3. The molecular weight excluding hydrogens is 331 g/mol. The molecule has 0 saturated carbocycles. The summed E-state index contributed by atoms with van der Waals surface area (Å²) in [4.78, 5) is 3.71. The van der Waals surface area contributed by atoms with Crippen molar-refractivity contribution in [3.63, 3.8) is 0 Å². The van der Waals surface area contributed by atoms with Gasteiger partial charge in [-0.05, 0) is 24.3 Å². The van der Waals surface area contributed by atoms with Crippen molar-refractivity contribution in [3.05, 3.63) is 51.6 Å². The van der Waals surface area contributed by atoms with E-state index < -0.39 is 10.0 Å². The third-order valence-corrected chi connectivity index (χ3v) is 4.70. The van der Waals surface area contributed by atoms with E-state index in [-0.39, 0.29) is 25.9 Å². The molecule has 0 radical (unpaired) electrons. The number of rotatable bonds is 3. The minimum absolute atomic E-state index is 0.0429. The molecule has 1 aromatic carbocycles. The van der Waals surface area contributed by atoms with Crippen LogP contribution in [0.1, 0.15) is 0 Å². The summed E-state index contributed by atoms with van der Waals surface area (Å²) in [7, 11) is -3.87. The number of pyridine rings is 1. The van der Waals surface area contributed by atoms with E-state index in [4.69, 9.17) is 34.8 Å². The van der Waals surface area contributed by atoms with Crippen LogP contribution in [0.2, 0.25) is 15.2 Å². The number of aromatic nitrogens is 1. The first kappa shape index (κ1) is 14.4. The highest BCUT2D eigenvalue weighted by molar-refractivity contribution is 7.92. The van der Waals surface area contributed by atoms with Gasteiger partial charge in [0.2, 0.25) is 0 Å². The monoisotopic (exact) mass is 336 g/mol. The molecule has 1 N–H and O–H groups in total. The Morgan fingerprint density at radius 3 is 2.37 bits per heavy atom. The van der Waals surface area contributed by atoms with Gasteiger partial charge >= 0.3 is 0 Å². The van der Waals surface area contributed by atoms with Crippen LogP contribution in [-0.4, -0.2) is 13.4 Å². The van der Waals surface area contributed by atoms with Crippen molar-refractivity contribution in [2.45, 2.75) is 4.90 Å². The summed E-state index contributed by atoms with van der Waals surface area (Å²) in [5.41, 5.74) is 0. The molecule has 1 heterocycles. The second kappa shape index (κ2) is 5.54. The van der Waals surface area contributed by atoms with Gasteiger partial charge in [-0.2, -0.15) is 0 Å². The van der Waals surface area contributed by atoms with Crippen LogP contribution in [-0.2, 0) is 10.0 Å². The maximum atomic E-state index is 12.1. The fourth-order valence-corrected chi connectivity index (χ4v) is 3.28. The summed E-state index contributed by atoms with van der Waals surface area (Å²) in [5, 5.41) is 0.291. The van der Waals surface area contributed by atoms with Gasteiger partial charge in [0.05, 0.1) is 10.0 Å².